The summed E-state index contributed by atoms with van der Waals surface area (Å²) in [6.45, 7) is 6.82. The van der Waals surface area contributed by atoms with Gasteiger partial charge in [0, 0.05) is 30.1 Å². The molecule has 0 saturated carbocycles. The zero-order valence-corrected chi connectivity index (χ0v) is 18.4. The molecule has 0 fully saturated rings. The number of nitrogens with one attached hydrogen (secondary N) is 2. The topological polar surface area (TPSA) is 53.7 Å². The van der Waals surface area contributed by atoms with Gasteiger partial charge in [0.15, 0.2) is 5.96 Å². The molecule has 8 heteroatoms. The average Bonchev–Trinajstić information content (AvgIpc) is 3.04. The van der Waals surface area contributed by atoms with E-state index < -0.39 is 11.6 Å². The highest BCUT2D eigenvalue weighted by atomic mass is 127. The molecule has 2 heterocycles. The van der Waals surface area contributed by atoms with E-state index in [2.05, 4.69) is 20.6 Å². The van der Waals surface area contributed by atoms with Gasteiger partial charge in [-0.15, -0.1) is 24.0 Å². The van der Waals surface area contributed by atoms with Crippen molar-refractivity contribution in [3.63, 3.8) is 0 Å². The summed E-state index contributed by atoms with van der Waals surface area (Å²) in [5.41, 5.74) is 3.19. The number of imidazole rings is 1. The third kappa shape index (κ3) is 5.18. The molecule has 3 rings (SSSR count). The summed E-state index contributed by atoms with van der Waals surface area (Å²) >= 11 is 0. The van der Waals surface area contributed by atoms with E-state index in [1.165, 1.54) is 12.1 Å². The van der Waals surface area contributed by atoms with E-state index in [4.69, 9.17) is 0 Å². The van der Waals surface area contributed by atoms with Crippen LogP contribution in [-0.2, 0) is 6.54 Å². The molecule has 150 valence electrons. The van der Waals surface area contributed by atoms with Gasteiger partial charge in [0.05, 0.1) is 18.3 Å². The van der Waals surface area contributed by atoms with Gasteiger partial charge in [0.1, 0.15) is 17.3 Å². The summed E-state index contributed by atoms with van der Waals surface area (Å²) in [4.78, 5) is 9.11. The number of aromatic nitrogens is 2. The number of halogens is 3. The third-order valence-electron chi connectivity index (χ3n) is 4.27. The van der Waals surface area contributed by atoms with Gasteiger partial charge >= 0.3 is 0 Å². The van der Waals surface area contributed by atoms with Crippen molar-refractivity contribution < 1.29 is 8.78 Å². The maximum Gasteiger partial charge on any atom is 0.192 e. The van der Waals surface area contributed by atoms with Crippen molar-refractivity contribution in [2.75, 3.05) is 6.54 Å². The summed E-state index contributed by atoms with van der Waals surface area (Å²) in [5.74, 6) is -0.629. The minimum atomic E-state index is -0.592. The van der Waals surface area contributed by atoms with Crippen LogP contribution in [0.2, 0.25) is 0 Å². The first-order chi connectivity index (χ1) is 13.0. The van der Waals surface area contributed by atoms with Crippen LogP contribution < -0.4 is 10.6 Å². The Morgan fingerprint density at radius 2 is 2.04 bits per heavy atom. The molecule has 0 saturated heterocycles. The second kappa shape index (κ2) is 9.81. The number of hydrogen-bond donors (Lipinski definition) is 2. The lowest BCUT2D eigenvalue weighted by Gasteiger charge is -2.18. The Morgan fingerprint density at radius 1 is 1.25 bits per heavy atom. The van der Waals surface area contributed by atoms with Gasteiger partial charge < -0.3 is 15.0 Å². The van der Waals surface area contributed by atoms with Crippen molar-refractivity contribution in [2.45, 2.75) is 33.4 Å². The third-order valence-corrected chi connectivity index (χ3v) is 4.27. The van der Waals surface area contributed by atoms with Crippen LogP contribution in [0.15, 0.2) is 47.6 Å². The van der Waals surface area contributed by atoms with E-state index >= 15 is 0 Å². The summed E-state index contributed by atoms with van der Waals surface area (Å²) < 4.78 is 29.1. The van der Waals surface area contributed by atoms with Crippen molar-refractivity contribution in [1.29, 1.82) is 0 Å². The normalized spacial score (nSPS) is 12.5. The SMILES string of the molecule is CCNC(=NCc1cn2c(C)cccc2n1)NC(C)c1ccc(F)cc1F.I. The van der Waals surface area contributed by atoms with Crippen molar-refractivity contribution in [1.82, 2.24) is 20.0 Å². The molecule has 0 aliphatic heterocycles. The number of benzene rings is 1. The molecule has 0 radical (unpaired) electrons. The van der Waals surface area contributed by atoms with E-state index in [0.717, 1.165) is 23.1 Å². The minimum Gasteiger partial charge on any atom is -0.357 e. The maximum absolute atomic E-state index is 14.0. The molecule has 0 amide bonds. The molecule has 0 aliphatic carbocycles. The Morgan fingerprint density at radius 3 is 2.71 bits per heavy atom. The number of fused-ring (bicyclic) bond motifs is 1. The molecule has 3 aromatic rings. The molecular formula is C20H24F2IN5. The van der Waals surface area contributed by atoms with Gasteiger partial charge in [0.2, 0.25) is 0 Å². The molecule has 1 atom stereocenters. The summed E-state index contributed by atoms with van der Waals surface area (Å²) in [6.07, 6.45) is 1.96. The molecule has 1 aromatic carbocycles. The van der Waals surface area contributed by atoms with Crippen LogP contribution in [0.4, 0.5) is 8.78 Å². The quantitative estimate of drug-likeness (QED) is 0.312. The average molecular weight is 499 g/mol. The Labute approximate surface area is 180 Å². The van der Waals surface area contributed by atoms with Gasteiger partial charge in [-0.25, -0.2) is 18.8 Å². The fourth-order valence-electron chi connectivity index (χ4n) is 2.89. The first-order valence-electron chi connectivity index (χ1n) is 8.91. The number of nitrogens with zero attached hydrogens (tertiary/aromatic N) is 3. The highest BCUT2D eigenvalue weighted by Gasteiger charge is 2.13. The van der Waals surface area contributed by atoms with Gasteiger partial charge in [-0.1, -0.05) is 12.1 Å². The van der Waals surface area contributed by atoms with Crippen LogP contribution in [0.25, 0.3) is 5.65 Å². The molecule has 0 spiro atoms. The molecule has 2 aromatic heterocycles. The predicted molar refractivity (Wildman–Crippen MR) is 118 cm³/mol. The van der Waals surface area contributed by atoms with E-state index in [1.54, 1.807) is 6.92 Å². The Hall–Kier alpha value is -2.23. The van der Waals surface area contributed by atoms with Gasteiger partial charge in [-0.2, -0.15) is 0 Å². The standard InChI is InChI=1S/C20H23F2N5.HI/c1-4-23-20(25-14(3)17-9-8-15(21)10-18(17)22)24-11-16-12-27-13(2)6-5-7-19(27)26-16;/h5-10,12,14H,4,11H2,1-3H3,(H2,23,24,25);1H. The molecule has 1 unspecified atom stereocenters. The van der Waals surface area contributed by atoms with Crippen LogP contribution in [0.3, 0.4) is 0 Å². The van der Waals surface area contributed by atoms with E-state index in [9.17, 15) is 8.78 Å². The number of guanidine groups is 1. The first-order valence-corrected chi connectivity index (χ1v) is 8.91. The molecule has 0 bridgehead atoms. The fraction of sp³-hybridized carbons (Fsp3) is 0.300. The van der Waals surface area contributed by atoms with Crippen LogP contribution in [0.1, 0.15) is 36.8 Å². The molecule has 28 heavy (non-hydrogen) atoms. The zero-order chi connectivity index (χ0) is 19.4. The van der Waals surface area contributed by atoms with Crippen LogP contribution in [-0.4, -0.2) is 21.9 Å². The first kappa shape index (κ1) is 22.1. The number of rotatable bonds is 5. The Balaban J connectivity index is 0.00000280. The van der Waals surface area contributed by atoms with Crippen molar-refractivity contribution in [3.8, 4) is 0 Å². The predicted octanol–water partition coefficient (Wildman–Crippen LogP) is 4.36. The number of aliphatic imine (C=N–C) groups is 1. The van der Waals surface area contributed by atoms with Gasteiger partial charge in [-0.3, -0.25) is 0 Å². The van der Waals surface area contributed by atoms with Crippen LogP contribution in [0, 0.1) is 18.6 Å². The van der Waals surface area contributed by atoms with Crippen LogP contribution >= 0.6 is 24.0 Å². The van der Waals surface area contributed by atoms with Crippen molar-refractivity contribution >= 4 is 35.6 Å². The second-order valence-electron chi connectivity index (χ2n) is 6.35. The second-order valence-corrected chi connectivity index (χ2v) is 6.35. The lowest BCUT2D eigenvalue weighted by molar-refractivity contribution is 0.551. The van der Waals surface area contributed by atoms with E-state index in [0.29, 0.717) is 24.6 Å². The Bertz CT molecular complexity index is 970. The zero-order valence-electron chi connectivity index (χ0n) is 16.0. The van der Waals surface area contributed by atoms with Crippen molar-refractivity contribution in [2.24, 2.45) is 4.99 Å². The van der Waals surface area contributed by atoms with Crippen LogP contribution in [0.5, 0.6) is 0 Å². The summed E-state index contributed by atoms with van der Waals surface area (Å²) in [6, 6.07) is 9.14. The summed E-state index contributed by atoms with van der Waals surface area (Å²) in [5, 5.41) is 6.29. The van der Waals surface area contributed by atoms with Gasteiger partial charge in [-0.05, 0) is 39.0 Å². The molecule has 0 aliphatic rings. The maximum atomic E-state index is 14.0. The smallest absolute Gasteiger partial charge is 0.192 e. The lowest BCUT2D eigenvalue weighted by Crippen LogP contribution is -2.39. The monoisotopic (exact) mass is 499 g/mol. The lowest BCUT2D eigenvalue weighted by atomic mass is 10.1. The Kier molecular flexibility index (Phi) is 7.73. The minimum absolute atomic E-state index is 0. The number of aryl methyl sites for hydroxylation is 1. The number of pyridine rings is 1. The molecule has 5 nitrogen and oxygen atoms in total. The van der Waals surface area contributed by atoms with Gasteiger partial charge in [0.25, 0.3) is 0 Å². The molecule has 2 N–H and O–H groups in total. The largest absolute Gasteiger partial charge is 0.357 e. The van der Waals surface area contributed by atoms with E-state index in [1.807, 2.05) is 42.6 Å². The fourth-order valence-corrected chi connectivity index (χ4v) is 2.89. The highest BCUT2D eigenvalue weighted by Crippen LogP contribution is 2.17. The van der Waals surface area contributed by atoms with E-state index in [-0.39, 0.29) is 30.0 Å². The van der Waals surface area contributed by atoms with Crippen molar-refractivity contribution in [3.05, 3.63) is 71.2 Å². The summed E-state index contributed by atoms with van der Waals surface area (Å²) in [7, 11) is 0. The number of hydrogen-bond acceptors (Lipinski definition) is 2. The highest BCUT2D eigenvalue weighted by molar-refractivity contribution is 14.0. The molecular weight excluding hydrogens is 475 g/mol.